The molecule has 0 radical (unpaired) electrons. The van der Waals surface area contributed by atoms with E-state index >= 15 is 0 Å². The molecule has 0 fully saturated rings. The molecule has 0 heterocycles. The molecule has 0 aliphatic rings. The van der Waals surface area contributed by atoms with E-state index in [2.05, 4.69) is 0 Å². The monoisotopic (exact) mass is 318 g/mol. The van der Waals surface area contributed by atoms with E-state index in [4.69, 9.17) is 9.47 Å². The van der Waals surface area contributed by atoms with Gasteiger partial charge < -0.3 is 9.47 Å². The molecule has 0 amide bonds. The number of hydrogen-bond donors (Lipinski definition) is 0. The van der Waals surface area contributed by atoms with Crippen LogP contribution in [0.3, 0.4) is 0 Å². The molecule has 0 aromatic heterocycles. The highest BCUT2D eigenvalue weighted by Gasteiger charge is 2.16. The van der Waals surface area contributed by atoms with Gasteiger partial charge in [0.2, 0.25) is 0 Å². The number of ether oxygens (including phenoxy) is 2. The van der Waals surface area contributed by atoms with Gasteiger partial charge in [-0.2, -0.15) is 0 Å². The minimum atomic E-state index is -0.537. The predicted octanol–water partition coefficient (Wildman–Crippen LogP) is 3.40. The summed E-state index contributed by atoms with van der Waals surface area (Å²) in [5.41, 5.74) is 0.975. The van der Waals surface area contributed by atoms with Crippen LogP contribution in [0.15, 0.2) is 36.4 Å². The molecule has 0 N–H and O–H groups in total. The average molecular weight is 318 g/mol. The van der Waals surface area contributed by atoms with Crippen molar-refractivity contribution in [1.29, 1.82) is 0 Å². The van der Waals surface area contributed by atoms with Gasteiger partial charge in [0.05, 0.1) is 23.0 Å². The fraction of sp³-hybridized carbons (Fsp3) is 0.200. The third-order valence-corrected chi connectivity index (χ3v) is 3.36. The highest BCUT2D eigenvalue weighted by atomic mass is 16.6. The smallest absolute Gasteiger partial charge is 0.273 e. The molecule has 2 aromatic rings. The van der Waals surface area contributed by atoms with Gasteiger partial charge in [0.25, 0.3) is 11.4 Å². The van der Waals surface area contributed by atoms with Crippen molar-refractivity contribution in [3.8, 4) is 11.5 Å². The summed E-state index contributed by atoms with van der Waals surface area (Å²) in [6.45, 7) is 1.66. The second-order valence-corrected chi connectivity index (χ2v) is 4.70. The lowest BCUT2D eigenvalue weighted by Crippen LogP contribution is -2.02. The van der Waals surface area contributed by atoms with Crippen LogP contribution in [-0.2, 0) is 6.61 Å². The zero-order valence-corrected chi connectivity index (χ0v) is 12.5. The Morgan fingerprint density at radius 3 is 2.39 bits per heavy atom. The molecule has 0 unspecified atom stereocenters. The van der Waals surface area contributed by atoms with Crippen molar-refractivity contribution in [3.05, 3.63) is 67.8 Å². The van der Waals surface area contributed by atoms with Crippen LogP contribution in [0.5, 0.6) is 11.5 Å². The van der Waals surface area contributed by atoms with E-state index in [0.29, 0.717) is 16.9 Å². The summed E-state index contributed by atoms with van der Waals surface area (Å²) in [6.07, 6.45) is 0. The molecule has 0 spiro atoms. The number of nitro benzene ring substituents is 2. The maximum atomic E-state index is 10.9. The molecule has 8 nitrogen and oxygen atoms in total. The minimum absolute atomic E-state index is 0.00268. The number of hydrogen-bond acceptors (Lipinski definition) is 6. The number of nitro groups is 2. The first-order chi connectivity index (χ1) is 10.9. The Morgan fingerprint density at radius 1 is 1.04 bits per heavy atom. The number of nitrogens with zero attached hydrogens (tertiary/aromatic N) is 2. The van der Waals surface area contributed by atoms with Crippen molar-refractivity contribution in [2.24, 2.45) is 0 Å². The topological polar surface area (TPSA) is 105 Å². The lowest BCUT2D eigenvalue weighted by Gasteiger charge is -2.12. The first kappa shape index (κ1) is 16.2. The van der Waals surface area contributed by atoms with Gasteiger partial charge in [-0.05, 0) is 18.6 Å². The van der Waals surface area contributed by atoms with Crippen LogP contribution in [0.4, 0.5) is 11.4 Å². The zero-order chi connectivity index (χ0) is 17.0. The van der Waals surface area contributed by atoms with E-state index < -0.39 is 9.85 Å². The number of methoxy groups -OCH3 is 1. The molecular weight excluding hydrogens is 304 g/mol. The molecule has 0 saturated carbocycles. The summed E-state index contributed by atoms with van der Waals surface area (Å²) < 4.78 is 10.7. The Kier molecular flexibility index (Phi) is 4.75. The van der Waals surface area contributed by atoms with Crippen molar-refractivity contribution < 1.29 is 19.3 Å². The molecule has 8 heteroatoms. The van der Waals surface area contributed by atoms with Crippen molar-refractivity contribution in [3.63, 3.8) is 0 Å². The summed E-state index contributed by atoms with van der Waals surface area (Å²) in [6, 6.07) is 8.68. The van der Waals surface area contributed by atoms with E-state index in [1.807, 2.05) is 0 Å². The average Bonchev–Trinajstić information content (AvgIpc) is 2.53. The Bertz CT molecular complexity index is 760. The van der Waals surface area contributed by atoms with Crippen molar-refractivity contribution >= 4 is 11.4 Å². The van der Waals surface area contributed by atoms with Gasteiger partial charge in [-0.1, -0.05) is 12.1 Å². The zero-order valence-electron chi connectivity index (χ0n) is 12.5. The molecule has 23 heavy (non-hydrogen) atoms. The predicted molar refractivity (Wildman–Crippen MR) is 81.8 cm³/mol. The third-order valence-electron chi connectivity index (χ3n) is 3.36. The summed E-state index contributed by atoms with van der Waals surface area (Å²) in [7, 11) is 1.42. The molecule has 2 rings (SSSR count). The number of benzene rings is 2. The number of non-ortho nitro benzene ring substituents is 1. The summed E-state index contributed by atoms with van der Waals surface area (Å²) in [5, 5.41) is 21.8. The van der Waals surface area contributed by atoms with Crippen LogP contribution in [0.1, 0.15) is 11.1 Å². The van der Waals surface area contributed by atoms with Crippen molar-refractivity contribution in [2.75, 3.05) is 7.11 Å². The highest BCUT2D eigenvalue weighted by molar-refractivity contribution is 5.49. The summed E-state index contributed by atoms with van der Waals surface area (Å²) in [5.74, 6) is 0.547. The Hall–Kier alpha value is -3.16. The van der Waals surface area contributed by atoms with E-state index in [0.717, 1.165) is 0 Å². The van der Waals surface area contributed by atoms with Gasteiger partial charge in [-0.3, -0.25) is 20.2 Å². The largest absolute Gasteiger partial charge is 0.493 e. The highest BCUT2D eigenvalue weighted by Crippen LogP contribution is 2.32. The maximum Gasteiger partial charge on any atom is 0.273 e. The third kappa shape index (κ3) is 3.54. The molecule has 0 aliphatic heterocycles. The van der Waals surface area contributed by atoms with Gasteiger partial charge in [0.1, 0.15) is 6.61 Å². The fourth-order valence-corrected chi connectivity index (χ4v) is 2.07. The van der Waals surface area contributed by atoms with Crippen LogP contribution < -0.4 is 9.47 Å². The Morgan fingerprint density at radius 2 is 1.78 bits per heavy atom. The van der Waals surface area contributed by atoms with Crippen LogP contribution in [0.2, 0.25) is 0 Å². The van der Waals surface area contributed by atoms with E-state index in [-0.39, 0.29) is 23.7 Å². The standard InChI is InChI=1S/C15H14N2O6/c1-10-11(4-3-5-13(10)17(20)21)9-23-15-8-12(16(18)19)6-7-14(15)22-2/h3-8H,9H2,1-2H3. The first-order valence-corrected chi connectivity index (χ1v) is 6.62. The fourth-order valence-electron chi connectivity index (χ4n) is 2.07. The first-order valence-electron chi connectivity index (χ1n) is 6.62. The molecule has 0 bridgehead atoms. The van der Waals surface area contributed by atoms with E-state index in [1.165, 1.54) is 31.4 Å². The van der Waals surface area contributed by atoms with E-state index in [1.54, 1.807) is 19.1 Å². The second-order valence-electron chi connectivity index (χ2n) is 4.70. The minimum Gasteiger partial charge on any atom is -0.493 e. The quantitative estimate of drug-likeness (QED) is 0.597. The normalized spacial score (nSPS) is 10.2. The summed E-state index contributed by atoms with van der Waals surface area (Å²) >= 11 is 0. The van der Waals surface area contributed by atoms with Crippen molar-refractivity contribution in [2.45, 2.75) is 13.5 Å². The lowest BCUT2D eigenvalue weighted by molar-refractivity contribution is -0.385. The number of rotatable bonds is 6. The van der Waals surface area contributed by atoms with Gasteiger partial charge in [-0.25, -0.2) is 0 Å². The van der Waals surface area contributed by atoms with Crippen LogP contribution in [-0.4, -0.2) is 17.0 Å². The second kappa shape index (κ2) is 6.73. The maximum absolute atomic E-state index is 10.9. The van der Waals surface area contributed by atoms with E-state index in [9.17, 15) is 20.2 Å². The van der Waals surface area contributed by atoms with Crippen LogP contribution >= 0.6 is 0 Å². The molecule has 120 valence electrons. The molecule has 0 aliphatic carbocycles. The van der Waals surface area contributed by atoms with Gasteiger partial charge in [-0.15, -0.1) is 0 Å². The van der Waals surface area contributed by atoms with Crippen molar-refractivity contribution in [1.82, 2.24) is 0 Å². The molecular formula is C15H14N2O6. The Labute approximate surface area is 131 Å². The Balaban J connectivity index is 2.27. The van der Waals surface area contributed by atoms with Crippen LogP contribution in [0, 0.1) is 27.2 Å². The van der Waals surface area contributed by atoms with Gasteiger partial charge in [0.15, 0.2) is 11.5 Å². The lowest BCUT2D eigenvalue weighted by atomic mass is 10.1. The molecule has 0 saturated heterocycles. The summed E-state index contributed by atoms with van der Waals surface area (Å²) in [4.78, 5) is 20.8. The van der Waals surface area contributed by atoms with Gasteiger partial charge in [0, 0.05) is 17.7 Å². The van der Waals surface area contributed by atoms with Crippen LogP contribution in [0.25, 0.3) is 0 Å². The van der Waals surface area contributed by atoms with Gasteiger partial charge >= 0.3 is 0 Å². The molecule has 2 aromatic carbocycles. The molecule has 0 atom stereocenters. The SMILES string of the molecule is COc1ccc([N+](=O)[O-])cc1OCc1cccc([N+](=O)[O-])c1C.